The largest absolute Gasteiger partial charge is 0.346 e. The lowest BCUT2D eigenvalue weighted by molar-refractivity contribution is 0.788. The number of H-pyrrole nitrogens is 1. The molecule has 0 amide bonds. The first-order chi connectivity index (χ1) is 11.2. The summed E-state index contributed by atoms with van der Waals surface area (Å²) in [5.74, 6) is 0.832. The number of pyridine rings is 1. The topological polar surface area (TPSA) is 57.7 Å². The third-order valence-electron chi connectivity index (χ3n) is 4.26. The van der Waals surface area contributed by atoms with E-state index < -0.39 is 0 Å². The van der Waals surface area contributed by atoms with Gasteiger partial charge in [0.25, 0.3) is 0 Å². The Labute approximate surface area is 135 Å². The summed E-state index contributed by atoms with van der Waals surface area (Å²) >= 11 is 0. The van der Waals surface area contributed by atoms with Crippen LogP contribution in [0.5, 0.6) is 0 Å². The monoisotopic (exact) mass is 305 g/mol. The third-order valence-corrected chi connectivity index (χ3v) is 4.26. The minimum Gasteiger partial charge on any atom is -0.346 e. The molecule has 0 saturated carbocycles. The first-order valence-electron chi connectivity index (χ1n) is 7.89. The molecule has 4 rings (SSSR count). The van der Waals surface area contributed by atoms with Gasteiger partial charge in [0.15, 0.2) is 0 Å². The van der Waals surface area contributed by atoms with Crippen molar-refractivity contribution in [2.75, 3.05) is 18.0 Å². The molecule has 0 radical (unpaired) electrons. The van der Waals surface area contributed by atoms with Gasteiger partial charge in [0, 0.05) is 47.8 Å². The van der Waals surface area contributed by atoms with Gasteiger partial charge in [-0.2, -0.15) is 0 Å². The van der Waals surface area contributed by atoms with Crippen LogP contribution in [-0.4, -0.2) is 33.0 Å². The van der Waals surface area contributed by atoms with E-state index in [1.165, 1.54) is 16.5 Å². The Bertz CT molecular complexity index is 873. The molecule has 0 unspecified atom stereocenters. The van der Waals surface area contributed by atoms with E-state index in [4.69, 9.17) is 0 Å². The van der Waals surface area contributed by atoms with Crippen molar-refractivity contribution >= 4 is 22.6 Å². The summed E-state index contributed by atoms with van der Waals surface area (Å²) in [7, 11) is 0. The molecule has 5 heteroatoms. The van der Waals surface area contributed by atoms with Crippen molar-refractivity contribution in [3.05, 3.63) is 53.6 Å². The quantitative estimate of drug-likeness (QED) is 0.789. The fourth-order valence-corrected chi connectivity index (χ4v) is 3.17. The van der Waals surface area contributed by atoms with Gasteiger partial charge in [-0.25, -0.2) is 15.0 Å². The average Bonchev–Trinajstić information content (AvgIpc) is 2.98. The Hall–Kier alpha value is -2.69. The van der Waals surface area contributed by atoms with Crippen molar-refractivity contribution < 1.29 is 0 Å². The number of hydrogen-bond acceptors (Lipinski definition) is 4. The van der Waals surface area contributed by atoms with Gasteiger partial charge in [0.05, 0.1) is 0 Å². The van der Waals surface area contributed by atoms with Crippen molar-refractivity contribution in [3.8, 4) is 0 Å². The molecule has 4 heterocycles. The number of fused-ring (bicyclic) bond motifs is 1. The van der Waals surface area contributed by atoms with Crippen LogP contribution < -0.4 is 4.90 Å². The van der Waals surface area contributed by atoms with Crippen molar-refractivity contribution in [2.45, 2.75) is 20.3 Å². The van der Waals surface area contributed by atoms with Crippen molar-refractivity contribution in [1.82, 2.24) is 19.9 Å². The summed E-state index contributed by atoms with van der Waals surface area (Å²) < 4.78 is 0. The van der Waals surface area contributed by atoms with Crippen molar-refractivity contribution in [2.24, 2.45) is 0 Å². The fraction of sp³-hybridized carbons (Fsp3) is 0.278. The van der Waals surface area contributed by atoms with E-state index in [9.17, 15) is 0 Å². The van der Waals surface area contributed by atoms with Gasteiger partial charge in [0.1, 0.15) is 5.65 Å². The smallest absolute Gasteiger partial charge is 0.226 e. The van der Waals surface area contributed by atoms with Crippen LogP contribution in [0, 0.1) is 13.8 Å². The number of rotatable bonds is 2. The summed E-state index contributed by atoms with van der Waals surface area (Å²) in [6.45, 7) is 5.80. The molecule has 0 bridgehead atoms. The highest BCUT2D eigenvalue weighted by atomic mass is 15.2. The van der Waals surface area contributed by atoms with Gasteiger partial charge in [0.2, 0.25) is 5.95 Å². The number of aromatic amines is 1. The minimum absolute atomic E-state index is 0.832. The molecular weight excluding hydrogens is 286 g/mol. The zero-order valence-electron chi connectivity index (χ0n) is 13.4. The van der Waals surface area contributed by atoms with Crippen molar-refractivity contribution in [3.63, 3.8) is 0 Å². The Morgan fingerprint density at radius 1 is 1.17 bits per heavy atom. The second kappa shape index (κ2) is 5.50. The molecule has 5 nitrogen and oxygen atoms in total. The van der Waals surface area contributed by atoms with Crippen LogP contribution in [0.4, 0.5) is 5.95 Å². The van der Waals surface area contributed by atoms with Crippen LogP contribution in [0.15, 0.2) is 36.7 Å². The molecule has 116 valence electrons. The predicted molar refractivity (Wildman–Crippen MR) is 92.4 cm³/mol. The van der Waals surface area contributed by atoms with E-state index in [1.807, 2.05) is 32.2 Å². The molecule has 0 aromatic carbocycles. The lowest BCUT2D eigenvalue weighted by atomic mass is 10.00. The molecule has 0 fully saturated rings. The Morgan fingerprint density at radius 2 is 2.00 bits per heavy atom. The molecule has 0 spiro atoms. The molecule has 3 aromatic rings. The lowest BCUT2D eigenvalue weighted by Gasteiger charge is -2.26. The fourth-order valence-electron chi connectivity index (χ4n) is 3.17. The van der Waals surface area contributed by atoms with E-state index in [-0.39, 0.29) is 0 Å². The van der Waals surface area contributed by atoms with Gasteiger partial charge in [-0.15, -0.1) is 0 Å². The van der Waals surface area contributed by atoms with Crippen LogP contribution in [0.3, 0.4) is 0 Å². The van der Waals surface area contributed by atoms with E-state index in [0.29, 0.717) is 0 Å². The number of anilines is 1. The molecule has 3 aromatic heterocycles. The normalized spacial score (nSPS) is 15.0. The summed E-state index contributed by atoms with van der Waals surface area (Å²) in [5.41, 5.74) is 5.61. The number of nitrogens with zero attached hydrogens (tertiary/aromatic N) is 4. The van der Waals surface area contributed by atoms with Gasteiger partial charge in [-0.3, -0.25) is 0 Å². The lowest BCUT2D eigenvalue weighted by Crippen LogP contribution is -2.30. The molecule has 0 atom stereocenters. The predicted octanol–water partition coefficient (Wildman–Crippen LogP) is 3.26. The van der Waals surface area contributed by atoms with E-state index in [2.05, 4.69) is 43.2 Å². The second-order valence-corrected chi connectivity index (χ2v) is 5.98. The molecule has 1 N–H and O–H groups in total. The number of aryl methyl sites for hydroxylation is 2. The zero-order chi connectivity index (χ0) is 15.8. The van der Waals surface area contributed by atoms with Gasteiger partial charge in [-0.05, 0) is 44.0 Å². The maximum atomic E-state index is 4.56. The average molecular weight is 305 g/mol. The molecule has 23 heavy (non-hydrogen) atoms. The van der Waals surface area contributed by atoms with Gasteiger partial charge >= 0.3 is 0 Å². The van der Waals surface area contributed by atoms with Crippen LogP contribution in [0.25, 0.3) is 16.6 Å². The van der Waals surface area contributed by atoms with E-state index in [1.54, 1.807) is 0 Å². The highest BCUT2D eigenvalue weighted by molar-refractivity contribution is 5.90. The minimum atomic E-state index is 0.832. The number of aromatic nitrogens is 4. The molecule has 0 saturated heterocycles. The summed E-state index contributed by atoms with van der Waals surface area (Å²) in [6, 6.07) is 6.11. The maximum absolute atomic E-state index is 4.56. The SMILES string of the molecule is Cc1cc(C)nc(N2CC=C(c3c[nH]c4ncccc34)CC2)n1. The zero-order valence-corrected chi connectivity index (χ0v) is 13.4. The first-order valence-corrected chi connectivity index (χ1v) is 7.89. The Kier molecular flexibility index (Phi) is 3.33. The summed E-state index contributed by atoms with van der Waals surface area (Å²) in [6.07, 6.45) is 7.14. The van der Waals surface area contributed by atoms with E-state index >= 15 is 0 Å². The van der Waals surface area contributed by atoms with Crippen LogP contribution in [-0.2, 0) is 0 Å². The standard InChI is InChI=1S/C18H19N5/c1-12-10-13(2)22-18(21-12)23-8-5-14(6-9-23)16-11-20-17-15(16)4-3-7-19-17/h3-5,7,10-11H,6,8-9H2,1-2H3,(H,19,20). The first kappa shape index (κ1) is 13.9. The summed E-state index contributed by atoms with van der Waals surface area (Å²) in [5, 5.41) is 1.19. The van der Waals surface area contributed by atoms with Gasteiger partial charge < -0.3 is 9.88 Å². The molecule has 0 aliphatic carbocycles. The summed E-state index contributed by atoms with van der Waals surface area (Å²) in [4.78, 5) is 19.0. The number of nitrogens with one attached hydrogen (secondary N) is 1. The van der Waals surface area contributed by atoms with E-state index in [0.717, 1.165) is 42.5 Å². The third kappa shape index (κ3) is 2.59. The molecule has 1 aliphatic heterocycles. The van der Waals surface area contributed by atoms with Crippen molar-refractivity contribution in [1.29, 1.82) is 0 Å². The highest BCUT2D eigenvalue weighted by Crippen LogP contribution is 2.29. The maximum Gasteiger partial charge on any atom is 0.226 e. The molecule has 1 aliphatic rings. The highest BCUT2D eigenvalue weighted by Gasteiger charge is 2.18. The number of hydrogen-bond donors (Lipinski definition) is 1. The second-order valence-electron chi connectivity index (χ2n) is 5.98. The van der Waals surface area contributed by atoms with Crippen LogP contribution in [0.1, 0.15) is 23.4 Å². The Morgan fingerprint density at radius 3 is 2.74 bits per heavy atom. The van der Waals surface area contributed by atoms with Crippen LogP contribution >= 0.6 is 0 Å². The van der Waals surface area contributed by atoms with Crippen LogP contribution in [0.2, 0.25) is 0 Å². The molecular formula is C18H19N5. The Balaban J connectivity index is 1.62. The van der Waals surface area contributed by atoms with Gasteiger partial charge in [-0.1, -0.05) is 6.08 Å².